The molecule has 0 fully saturated rings. The van der Waals surface area contributed by atoms with Crippen LogP contribution in [0.15, 0.2) is 30.5 Å². The summed E-state index contributed by atoms with van der Waals surface area (Å²) in [4.78, 5) is 15.6. The van der Waals surface area contributed by atoms with E-state index in [1.165, 1.54) is 17.8 Å². The summed E-state index contributed by atoms with van der Waals surface area (Å²) in [5.74, 6) is 0.676. The van der Waals surface area contributed by atoms with E-state index >= 15 is 0 Å². The lowest BCUT2D eigenvalue weighted by molar-refractivity contribution is 0.287. The normalized spacial score (nSPS) is 14.8. The van der Waals surface area contributed by atoms with Gasteiger partial charge >= 0.3 is 0 Å². The first-order valence-electron chi connectivity index (χ1n) is 11.0. The smallest absolute Gasteiger partial charge is 0.228 e. The predicted molar refractivity (Wildman–Crippen MR) is 123 cm³/mol. The van der Waals surface area contributed by atoms with Gasteiger partial charge in [-0.1, -0.05) is 6.07 Å². The van der Waals surface area contributed by atoms with Crippen molar-refractivity contribution >= 4 is 17.5 Å². The van der Waals surface area contributed by atoms with Gasteiger partial charge in [0.2, 0.25) is 5.95 Å². The van der Waals surface area contributed by atoms with Crippen molar-refractivity contribution in [3.05, 3.63) is 53.1 Å². The number of nitrogens with one attached hydrogen (secondary N) is 2. The van der Waals surface area contributed by atoms with Gasteiger partial charge in [-0.3, -0.25) is 0 Å². The van der Waals surface area contributed by atoms with Crippen molar-refractivity contribution in [3.8, 4) is 23.1 Å². The van der Waals surface area contributed by atoms with Gasteiger partial charge in [-0.25, -0.2) is 19.3 Å². The second kappa shape index (κ2) is 8.64. The van der Waals surface area contributed by atoms with Crippen LogP contribution in [-0.2, 0) is 13.0 Å². The molecule has 0 radical (unpaired) electrons. The molecule has 2 aromatic heterocycles. The SMILES string of the molecule is CC(C)N1CCOc2c(F)cc(-c3nc(Nc4ccc5c(n4)CCNC5)ncc3C#N)cc21. The zero-order valence-corrected chi connectivity index (χ0v) is 18.5. The number of benzene rings is 1. The van der Waals surface area contributed by atoms with E-state index in [1.54, 1.807) is 0 Å². The fraction of sp³-hybridized carbons (Fsp3) is 0.333. The van der Waals surface area contributed by atoms with Crippen molar-refractivity contribution < 1.29 is 9.13 Å². The number of pyridine rings is 1. The highest BCUT2D eigenvalue weighted by Gasteiger charge is 2.25. The summed E-state index contributed by atoms with van der Waals surface area (Å²) >= 11 is 0. The fourth-order valence-electron chi connectivity index (χ4n) is 4.24. The molecule has 0 bridgehead atoms. The van der Waals surface area contributed by atoms with Gasteiger partial charge in [-0.2, -0.15) is 5.26 Å². The molecule has 4 heterocycles. The quantitative estimate of drug-likeness (QED) is 0.629. The zero-order valence-electron chi connectivity index (χ0n) is 18.5. The lowest BCUT2D eigenvalue weighted by atomic mass is 10.0. The first kappa shape index (κ1) is 21.1. The highest BCUT2D eigenvalue weighted by atomic mass is 19.1. The van der Waals surface area contributed by atoms with Gasteiger partial charge < -0.3 is 20.3 Å². The number of nitrogens with zero attached hydrogens (tertiary/aromatic N) is 5. The third kappa shape index (κ3) is 4.05. The van der Waals surface area contributed by atoms with E-state index in [4.69, 9.17) is 4.74 Å². The number of aromatic nitrogens is 3. The average molecular weight is 446 g/mol. The van der Waals surface area contributed by atoms with E-state index < -0.39 is 5.82 Å². The van der Waals surface area contributed by atoms with E-state index in [1.807, 2.05) is 18.2 Å². The third-order valence-electron chi connectivity index (χ3n) is 5.88. The van der Waals surface area contributed by atoms with Gasteiger partial charge in [-0.05, 0) is 37.6 Å². The molecule has 0 saturated carbocycles. The molecule has 1 aromatic carbocycles. The molecular formula is C24H24FN7O. The van der Waals surface area contributed by atoms with Crippen LogP contribution in [0.25, 0.3) is 11.3 Å². The summed E-state index contributed by atoms with van der Waals surface area (Å²) in [6.45, 7) is 6.89. The highest BCUT2D eigenvalue weighted by Crippen LogP contribution is 2.39. The molecule has 9 heteroatoms. The predicted octanol–water partition coefficient (Wildman–Crippen LogP) is 3.55. The van der Waals surface area contributed by atoms with Crippen LogP contribution < -0.4 is 20.3 Å². The summed E-state index contributed by atoms with van der Waals surface area (Å²) < 4.78 is 20.6. The minimum absolute atomic E-state index is 0.172. The summed E-state index contributed by atoms with van der Waals surface area (Å²) in [5, 5.41) is 16.1. The van der Waals surface area contributed by atoms with E-state index in [0.29, 0.717) is 41.9 Å². The Bertz CT molecular complexity index is 1250. The highest BCUT2D eigenvalue weighted by molar-refractivity contribution is 5.75. The number of hydrogen-bond acceptors (Lipinski definition) is 8. The van der Waals surface area contributed by atoms with Gasteiger partial charge in [0.1, 0.15) is 18.5 Å². The zero-order chi connectivity index (χ0) is 22.9. The molecule has 0 saturated heterocycles. The molecule has 0 unspecified atom stereocenters. The molecule has 0 amide bonds. The summed E-state index contributed by atoms with van der Waals surface area (Å²) in [6.07, 6.45) is 2.30. The number of fused-ring (bicyclic) bond motifs is 2. The minimum Gasteiger partial charge on any atom is -0.486 e. The first-order chi connectivity index (χ1) is 16.0. The van der Waals surface area contributed by atoms with Gasteiger partial charge in [-0.15, -0.1) is 0 Å². The number of hydrogen-bond donors (Lipinski definition) is 2. The van der Waals surface area contributed by atoms with Crippen molar-refractivity contribution in [3.63, 3.8) is 0 Å². The Labute approximate surface area is 191 Å². The third-order valence-corrected chi connectivity index (χ3v) is 5.88. The van der Waals surface area contributed by atoms with E-state index in [2.05, 4.69) is 50.4 Å². The molecule has 5 rings (SSSR count). The molecule has 2 N–H and O–H groups in total. The number of rotatable bonds is 4. The fourth-order valence-corrected chi connectivity index (χ4v) is 4.24. The summed E-state index contributed by atoms with van der Waals surface area (Å²) in [6, 6.07) is 9.38. The Hall–Kier alpha value is -3.77. The lowest BCUT2D eigenvalue weighted by Crippen LogP contribution is -2.38. The Morgan fingerprint density at radius 2 is 2.15 bits per heavy atom. The molecule has 8 nitrogen and oxygen atoms in total. The van der Waals surface area contributed by atoms with Crippen LogP contribution in [0.2, 0.25) is 0 Å². The first-order valence-corrected chi connectivity index (χ1v) is 11.0. The van der Waals surface area contributed by atoms with Crippen molar-refractivity contribution in [2.24, 2.45) is 0 Å². The Morgan fingerprint density at radius 1 is 1.27 bits per heavy atom. The molecule has 2 aliphatic rings. The monoisotopic (exact) mass is 445 g/mol. The molecule has 33 heavy (non-hydrogen) atoms. The van der Waals surface area contributed by atoms with Crippen molar-refractivity contribution in [2.75, 3.05) is 29.9 Å². The number of nitriles is 1. The molecule has 3 aromatic rings. The van der Waals surface area contributed by atoms with Gasteiger partial charge in [0.05, 0.1) is 29.7 Å². The lowest BCUT2D eigenvalue weighted by Gasteiger charge is -2.34. The maximum Gasteiger partial charge on any atom is 0.228 e. The minimum atomic E-state index is -0.477. The van der Waals surface area contributed by atoms with Crippen molar-refractivity contribution in [1.29, 1.82) is 5.26 Å². The maximum absolute atomic E-state index is 15.0. The molecular weight excluding hydrogens is 421 g/mol. The van der Waals surface area contributed by atoms with E-state index in [0.717, 1.165) is 25.2 Å². The van der Waals surface area contributed by atoms with Crippen LogP contribution in [-0.4, -0.2) is 40.7 Å². The molecule has 2 aliphatic heterocycles. The van der Waals surface area contributed by atoms with Gasteiger partial charge in [0.15, 0.2) is 11.6 Å². The Morgan fingerprint density at radius 3 is 2.97 bits per heavy atom. The van der Waals surface area contributed by atoms with Crippen LogP contribution >= 0.6 is 0 Å². The Kier molecular flexibility index (Phi) is 5.52. The summed E-state index contributed by atoms with van der Waals surface area (Å²) in [7, 11) is 0. The van der Waals surface area contributed by atoms with Crippen molar-refractivity contribution in [1.82, 2.24) is 20.3 Å². The van der Waals surface area contributed by atoms with Gasteiger partial charge in [0, 0.05) is 36.8 Å². The molecule has 0 atom stereocenters. The largest absolute Gasteiger partial charge is 0.486 e. The van der Waals surface area contributed by atoms with Gasteiger partial charge in [0.25, 0.3) is 0 Å². The van der Waals surface area contributed by atoms with E-state index in [9.17, 15) is 9.65 Å². The van der Waals surface area contributed by atoms with Crippen LogP contribution in [0, 0.1) is 17.1 Å². The van der Waals surface area contributed by atoms with Crippen molar-refractivity contribution in [2.45, 2.75) is 32.9 Å². The average Bonchev–Trinajstić information content (AvgIpc) is 2.83. The molecule has 168 valence electrons. The summed E-state index contributed by atoms with van der Waals surface area (Å²) in [5.41, 5.74) is 3.99. The second-order valence-corrected chi connectivity index (χ2v) is 8.36. The van der Waals surface area contributed by atoms with Crippen LogP contribution in [0.1, 0.15) is 30.7 Å². The number of halogens is 1. The van der Waals surface area contributed by atoms with Crippen LogP contribution in [0.4, 0.5) is 21.8 Å². The Balaban J connectivity index is 1.53. The molecule has 0 aliphatic carbocycles. The number of anilines is 3. The van der Waals surface area contributed by atoms with Crippen LogP contribution in [0.3, 0.4) is 0 Å². The topological polar surface area (TPSA) is 99.0 Å². The standard InChI is InChI=1S/C24H24FN7O/c1-14(2)32-7-8-33-23-18(25)9-16(10-20(23)32)22-17(11-26)13-28-24(31-22)30-21-4-3-15-12-27-6-5-19(15)29-21/h3-4,9-10,13-14,27H,5-8,12H2,1-2H3,(H,28,29,30,31). The molecule has 0 spiro atoms. The maximum atomic E-state index is 15.0. The van der Waals surface area contributed by atoms with Crippen LogP contribution in [0.5, 0.6) is 5.75 Å². The number of ether oxygens (including phenoxy) is 1. The second-order valence-electron chi connectivity index (χ2n) is 8.36. The van der Waals surface area contributed by atoms with E-state index in [-0.39, 0.29) is 17.4 Å².